The highest BCUT2D eigenvalue weighted by Crippen LogP contribution is 2.07. The van der Waals surface area contributed by atoms with E-state index >= 15 is 0 Å². The fourth-order valence-corrected chi connectivity index (χ4v) is 1.77. The van der Waals surface area contributed by atoms with Gasteiger partial charge in [-0.25, -0.2) is 4.79 Å². The normalized spacial score (nSPS) is 15.5. The zero-order valence-corrected chi connectivity index (χ0v) is 7.26. The number of hydrogen-bond donors (Lipinski definition) is 1. The van der Waals surface area contributed by atoms with Crippen molar-refractivity contribution in [3.8, 4) is 0 Å². The summed E-state index contributed by atoms with van der Waals surface area (Å²) in [6, 6.07) is 0. The van der Waals surface area contributed by atoms with Gasteiger partial charge < -0.3 is 9.66 Å². The molecule has 0 aliphatic carbocycles. The van der Waals surface area contributed by atoms with Crippen LogP contribution in [-0.4, -0.2) is 26.6 Å². The lowest BCUT2D eigenvalue weighted by Crippen LogP contribution is -2.30. The van der Waals surface area contributed by atoms with Crippen LogP contribution < -0.4 is 0 Å². The summed E-state index contributed by atoms with van der Waals surface area (Å²) in [5.74, 6) is -0.738. The molecule has 0 rings (SSSR count). The molecule has 0 aromatic carbocycles. The average Bonchev–Trinajstić information content (AvgIpc) is 1.88. The Morgan fingerprint density at radius 1 is 1.91 bits per heavy atom. The maximum Gasteiger partial charge on any atom is 0.357 e. The van der Waals surface area contributed by atoms with Crippen molar-refractivity contribution in [1.82, 2.24) is 0 Å². The molecule has 11 heavy (non-hydrogen) atoms. The zero-order valence-electron chi connectivity index (χ0n) is 6.45. The third-order valence-corrected chi connectivity index (χ3v) is 2.98. The van der Waals surface area contributed by atoms with Gasteiger partial charge in [0.2, 0.25) is 5.25 Å². The lowest BCUT2D eigenvalue weighted by molar-refractivity contribution is -0.136. The Morgan fingerprint density at radius 2 is 2.45 bits per heavy atom. The number of carbonyl (C=O) groups is 1. The predicted molar refractivity (Wildman–Crippen MR) is 44.9 cm³/mol. The van der Waals surface area contributed by atoms with Crippen molar-refractivity contribution < 1.29 is 14.5 Å². The van der Waals surface area contributed by atoms with Crippen molar-refractivity contribution in [3.63, 3.8) is 0 Å². The lowest BCUT2D eigenvalue weighted by Gasteiger charge is -2.14. The predicted octanol–water partition coefficient (Wildman–Crippen LogP) is 0.784. The second kappa shape index (κ2) is 5.21. The number of hydrogen-bond acceptors (Lipinski definition) is 2. The Morgan fingerprint density at radius 3 is 2.73 bits per heavy atom. The summed E-state index contributed by atoms with van der Waals surface area (Å²) in [4.78, 5) is 10.4. The van der Waals surface area contributed by atoms with Crippen molar-refractivity contribution in [2.45, 2.75) is 18.6 Å². The molecule has 64 valence electrons. The van der Waals surface area contributed by atoms with E-state index in [-0.39, 0.29) is 5.75 Å². The summed E-state index contributed by atoms with van der Waals surface area (Å²) >= 11 is -1.31. The molecule has 0 saturated carbocycles. The summed E-state index contributed by atoms with van der Waals surface area (Å²) in [6.07, 6.45) is 1.87. The van der Waals surface area contributed by atoms with Gasteiger partial charge in [-0.1, -0.05) is 13.5 Å². The van der Waals surface area contributed by atoms with Gasteiger partial charge in [0.1, 0.15) is 5.75 Å². The van der Waals surface area contributed by atoms with Crippen molar-refractivity contribution in [2.24, 2.45) is 0 Å². The quantitative estimate of drug-likeness (QED) is 0.497. The van der Waals surface area contributed by atoms with Crippen LogP contribution in [0.25, 0.3) is 0 Å². The Balaban J connectivity index is 4.01. The van der Waals surface area contributed by atoms with Crippen LogP contribution in [0, 0.1) is 0 Å². The lowest BCUT2D eigenvalue weighted by atomic mass is 10.3. The van der Waals surface area contributed by atoms with Crippen LogP contribution in [0.3, 0.4) is 0 Å². The number of aliphatic carboxylic acids is 1. The van der Waals surface area contributed by atoms with Gasteiger partial charge in [-0.05, 0) is 17.3 Å². The molecule has 1 N–H and O–H groups in total. The van der Waals surface area contributed by atoms with Crippen molar-refractivity contribution in [3.05, 3.63) is 12.7 Å². The van der Waals surface area contributed by atoms with Crippen LogP contribution in [0.5, 0.6) is 0 Å². The standard InChI is InChI=1S/C7H12O3S/c1-3-5-11(10)6(4-2)7(8)9/h3,6H,1,4-5H2,2H3,(H,8,9). The average molecular weight is 176 g/mol. The monoisotopic (exact) mass is 176 g/mol. The first-order valence-electron chi connectivity index (χ1n) is 3.34. The van der Waals surface area contributed by atoms with Crippen LogP contribution in [-0.2, 0) is 16.0 Å². The van der Waals surface area contributed by atoms with Crippen molar-refractivity contribution in [2.75, 3.05) is 5.75 Å². The Kier molecular flexibility index (Phi) is 4.98. The molecule has 0 aromatic rings. The number of rotatable bonds is 5. The highest BCUT2D eigenvalue weighted by atomic mass is 32.2. The Bertz CT molecular complexity index is 147. The van der Waals surface area contributed by atoms with Crippen LogP contribution in [0.2, 0.25) is 0 Å². The van der Waals surface area contributed by atoms with E-state index in [1.807, 2.05) is 0 Å². The topological polar surface area (TPSA) is 60.4 Å². The molecule has 2 unspecified atom stereocenters. The molecule has 0 radical (unpaired) electrons. The zero-order chi connectivity index (χ0) is 8.85. The number of carboxylic acids is 1. The maximum absolute atomic E-state index is 11.1. The van der Waals surface area contributed by atoms with E-state index in [9.17, 15) is 9.35 Å². The summed E-state index contributed by atoms with van der Waals surface area (Å²) in [6.45, 7) is 5.10. The van der Waals surface area contributed by atoms with Crippen LogP contribution in [0.1, 0.15) is 13.3 Å². The minimum absolute atomic E-state index is 0.255. The molecule has 0 aliphatic heterocycles. The molecule has 0 bridgehead atoms. The molecule has 3 nitrogen and oxygen atoms in total. The highest BCUT2D eigenvalue weighted by Gasteiger charge is 2.26. The minimum atomic E-state index is -1.31. The van der Waals surface area contributed by atoms with Gasteiger partial charge in [-0.15, -0.1) is 0 Å². The fourth-order valence-electron chi connectivity index (χ4n) is 0.705. The first-order chi connectivity index (χ1) is 5.13. The van der Waals surface area contributed by atoms with E-state index in [2.05, 4.69) is 6.58 Å². The van der Waals surface area contributed by atoms with Crippen LogP contribution in [0.15, 0.2) is 12.7 Å². The van der Waals surface area contributed by atoms with Gasteiger partial charge in [-0.2, -0.15) is 0 Å². The van der Waals surface area contributed by atoms with Gasteiger partial charge in [0.25, 0.3) is 0 Å². The van der Waals surface area contributed by atoms with E-state index in [1.54, 1.807) is 6.92 Å². The molecule has 4 heteroatoms. The highest BCUT2D eigenvalue weighted by molar-refractivity contribution is 7.92. The SMILES string of the molecule is C=CC[S+]([O-])C(CC)C(=O)O. The van der Waals surface area contributed by atoms with Crippen molar-refractivity contribution in [1.29, 1.82) is 0 Å². The van der Waals surface area contributed by atoms with Gasteiger partial charge in [0.05, 0.1) is 0 Å². The second-order valence-corrected chi connectivity index (χ2v) is 3.74. The minimum Gasteiger partial charge on any atom is -0.615 e. The summed E-state index contributed by atoms with van der Waals surface area (Å²) in [5.41, 5.74) is 0. The van der Waals surface area contributed by atoms with E-state index in [1.165, 1.54) is 6.08 Å². The third-order valence-electron chi connectivity index (χ3n) is 1.25. The molecule has 0 saturated heterocycles. The molecule has 2 atom stereocenters. The van der Waals surface area contributed by atoms with Crippen LogP contribution >= 0.6 is 0 Å². The molecular weight excluding hydrogens is 164 g/mol. The van der Waals surface area contributed by atoms with E-state index in [0.29, 0.717) is 6.42 Å². The molecule has 0 fully saturated rings. The fraction of sp³-hybridized carbons (Fsp3) is 0.571. The number of carboxylic acid groups (broad SMARTS) is 1. The molecule has 0 spiro atoms. The molecule has 0 heterocycles. The van der Waals surface area contributed by atoms with E-state index in [0.717, 1.165) is 0 Å². The van der Waals surface area contributed by atoms with E-state index in [4.69, 9.17) is 5.11 Å². The van der Waals surface area contributed by atoms with Gasteiger partial charge >= 0.3 is 5.97 Å². The van der Waals surface area contributed by atoms with E-state index < -0.39 is 22.4 Å². The van der Waals surface area contributed by atoms with Crippen molar-refractivity contribution >= 4 is 17.1 Å². The largest absolute Gasteiger partial charge is 0.615 e. The van der Waals surface area contributed by atoms with Crippen LogP contribution in [0.4, 0.5) is 0 Å². The summed E-state index contributed by atoms with van der Waals surface area (Å²) in [7, 11) is 0. The summed E-state index contributed by atoms with van der Waals surface area (Å²) < 4.78 is 11.1. The molecule has 0 amide bonds. The van der Waals surface area contributed by atoms with Gasteiger partial charge in [0, 0.05) is 6.42 Å². The summed E-state index contributed by atoms with van der Waals surface area (Å²) in [5, 5.41) is 7.80. The Hall–Kier alpha value is -0.480. The molecular formula is C7H12O3S. The molecule has 0 aromatic heterocycles. The van der Waals surface area contributed by atoms with Gasteiger partial charge in [0.15, 0.2) is 0 Å². The third kappa shape index (κ3) is 3.43. The maximum atomic E-state index is 11.1. The second-order valence-electron chi connectivity index (χ2n) is 2.07. The first-order valence-corrected chi connectivity index (χ1v) is 4.72. The van der Waals surface area contributed by atoms with Gasteiger partial charge in [-0.3, -0.25) is 0 Å². The molecule has 0 aliphatic rings. The first kappa shape index (κ1) is 10.5. The Labute approximate surface area is 69.3 Å². The smallest absolute Gasteiger partial charge is 0.357 e.